The summed E-state index contributed by atoms with van der Waals surface area (Å²) in [5.41, 5.74) is 1.01. The van der Waals surface area contributed by atoms with Crippen molar-refractivity contribution in [3.05, 3.63) is 28.2 Å². The molecule has 1 aromatic carbocycles. The number of alkyl halides is 1. The summed E-state index contributed by atoms with van der Waals surface area (Å²) in [6.07, 6.45) is 0.337. The van der Waals surface area contributed by atoms with Crippen LogP contribution in [0.25, 0.3) is 0 Å². The highest BCUT2D eigenvalue weighted by Gasteiger charge is 2.10. The Kier molecular flexibility index (Phi) is 5.78. The van der Waals surface area contributed by atoms with Crippen LogP contribution < -0.4 is 10.1 Å². The van der Waals surface area contributed by atoms with E-state index in [9.17, 15) is 4.79 Å². The molecule has 1 unspecified atom stereocenters. The van der Waals surface area contributed by atoms with Gasteiger partial charge in [0.15, 0.2) is 0 Å². The number of halogens is 2. The first-order chi connectivity index (χ1) is 8.08. The van der Waals surface area contributed by atoms with Gasteiger partial charge in [-0.1, -0.05) is 6.07 Å². The lowest BCUT2D eigenvalue weighted by Crippen LogP contribution is -2.26. The van der Waals surface area contributed by atoms with Crippen LogP contribution in [0.4, 0.5) is 0 Å². The second kappa shape index (κ2) is 6.87. The molecule has 0 heterocycles. The van der Waals surface area contributed by atoms with E-state index in [1.165, 1.54) is 0 Å². The lowest BCUT2D eigenvalue weighted by atomic mass is 10.1. The van der Waals surface area contributed by atoms with Crippen molar-refractivity contribution in [2.45, 2.75) is 19.4 Å². The number of methoxy groups -OCH3 is 1. The Bertz CT molecular complexity index is 398. The van der Waals surface area contributed by atoms with Gasteiger partial charge >= 0.3 is 0 Å². The number of ether oxygens (including phenoxy) is 1. The van der Waals surface area contributed by atoms with Gasteiger partial charge in [-0.2, -0.15) is 0 Å². The average Bonchev–Trinajstić information content (AvgIpc) is 2.29. The molecule has 0 spiro atoms. The van der Waals surface area contributed by atoms with Gasteiger partial charge in [0.1, 0.15) is 5.75 Å². The second-order valence-electron chi connectivity index (χ2n) is 3.62. The zero-order chi connectivity index (χ0) is 12.8. The van der Waals surface area contributed by atoms with E-state index in [2.05, 4.69) is 21.2 Å². The lowest BCUT2D eigenvalue weighted by molar-refractivity contribution is -0.121. The molecule has 94 valence electrons. The van der Waals surface area contributed by atoms with Gasteiger partial charge in [0.05, 0.1) is 17.6 Å². The Morgan fingerprint density at radius 3 is 2.82 bits per heavy atom. The molecule has 0 aliphatic rings. The minimum absolute atomic E-state index is 0.0422. The molecule has 1 N–H and O–H groups in total. The zero-order valence-corrected chi connectivity index (χ0v) is 12.1. The summed E-state index contributed by atoms with van der Waals surface area (Å²) >= 11 is 8.92. The molecular formula is C12H15BrClNO2. The van der Waals surface area contributed by atoms with Gasteiger partial charge in [-0.15, -0.1) is 11.6 Å². The minimum atomic E-state index is -0.0482. The van der Waals surface area contributed by atoms with E-state index in [4.69, 9.17) is 16.3 Å². The number of hydrogen-bond donors (Lipinski definition) is 1. The fraction of sp³-hybridized carbons (Fsp3) is 0.417. The van der Waals surface area contributed by atoms with E-state index < -0.39 is 0 Å². The quantitative estimate of drug-likeness (QED) is 0.846. The Morgan fingerprint density at radius 1 is 1.59 bits per heavy atom. The third kappa shape index (κ3) is 4.21. The van der Waals surface area contributed by atoms with Crippen molar-refractivity contribution >= 4 is 33.4 Å². The monoisotopic (exact) mass is 319 g/mol. The Morgan fingerprint density at radius 2 is 2.29 bits per heavy atom. The van der Waals surface area contributed by atoms with Gasteiger partial charge in [0.25, 0.3) is 0 Å². The third-order valence-electron chi connectivity index (χ3n) is 2.37. The normalized spacial score (nSPS) is 12.0. The molecular weight excluding hydrogens is 305 g/mol. The van der Waals surface area contributed by atoms with Gasteiger partial charge in [0, 0.05) is 12.3 Å². The molecule has 0 aromatic heterocycles. The van der Waals surface area contributed by atoms with Gasteiger partial charge in [0.2, 0.25) is 5.91 Å². The average molecular weight is 321 g/mol. The Labute approximate surface area is 115 Å². The number of amides is 1. The molecule has 0 aliphatic heterocycles. The van der Waals surface area contributed by atoms with Crippen molar-refractivity contribution in [1.29, 1.82) is 0 Å². The molecule has 0 saturated heterocycles. The van der Waals surface area contributed by atoms with Gasteiger partial charge in [-0.3, -0.25) is 4.79 Å². The number of benzene rings is 1. The van der Waals surface area contributed by atoms with E-state index in [1.54, 1.807) is 7.11 Å². The molecule has 0 saturated carbocycles. The number of carbonyl (C=O) groups is 1. The number of hydrogen-bond acceptors (Lipinski definition) is 2. The summed E-state index contributed by atoms with van der Waals surface area (Å²) < 4.78 is 6.02. The van der Waals surface area contributed by atoms with E-state index in [1.807, 2.05) is 25.1 Å². The van der Waals surface area contributed by atoms with E-state index in [0.717, 1.165) is 15.8 Å². The highest BCUT2D eigenvalue weighted by atomic mass is 79.9. The molecule has 0 radical (unpaired) electrons. The van der Waals surface area contributed by atoms with Crippen LogP contribution in [0.3, 0.4) is 0 Å². The molecule has 5 heteroatoms. The van der Waals surface area contributed by atoms with Crippen molar-refractivity contribution < 1.29 is 9.53 Å². The van der Waals surface area contributed by atoms with Crippen molar-refractivity contribution in [3.8, 4) is 5.75 Å². The van der Waals surface area contributed by atoms with E-state index in [0.29, 0.717) is 12.3 Å². The fourth-order valence-electron chi connectivity index (χ4n) is 1.43. The molecule has 1 aromatic rings. The van der Waals surface area contributed by atoms with Crippen LogP contribution in [-0.4, -0.2) is 18.9 Å². The smallest absolute Gasteiger partial charge is 0.221 e. The first kappa shape index (κ1) is 14.3. The molecule has 0 bridgehead atoms. The first-order valence-electron chi connectivity index (χ1n) is 5.27. The van der Waals surface area contributed by atoms with Crippen molar-refractivity contribution in [2.75, 3.05) is 13.0 Å². The molecule has 1 rings (SSSR count). The molecule has 1 amide bonds. The SMILES string of the molecule is COc1ccc(C(C)NC(=O)CCCl)cc1Br. The third-order valence-corrected chi connectivity index (χ3v) is 3.18. The van der Waals surface area contributed by atoms with E-state index in [-0.39, 0.29) is 11.9 Å². The van der Waals surface area contributed by atoms with Crippen molar-refractivity contribution in [1.82, 2.24) is 5.32 Å². The van der Waals surface area contributed by atoms with Gasteiger partial charge in [-0.25, -0.2) is 0 Å². The lowest BCUT2D eigenvalue weighted by Gasteiger charge is -2.15. The number of carbonyl (C=O) groups excluding carboxylic acids is 1. The summed E-state index contributed by atoms with van der Waals surface area (Å²) in [6, 6.07) is 5.68. The number of rotatable bonds is 5. The van der Waals surface area contributed by atoms with Crippen LogP contribution in [0.1, 0.15) is 24.9 Å². The van der Waals surface area contributed by atoms with Crippen LogP contribution in [0.5, 0.6) is 5.75 Å². The first-order valence-corrected chi connectivity index (χ1v) is 6.60. The predicted octanol–water partition coefficient (Wildman–Crippen LogP) is 3.26. The van der Waals surface area contributed by atoms with Crippen LogP contribution >= 0.6 is 27.5 Å². The maximum atomic E-state index is 11.4. The zero-order valence-electron chi connectivity index (χ0n) is 9.80. The van der Waals surface area contributed by atoms with E-state index >= 15 is 0 Å². The standard InChI is InChI=1S/C12H15BrClNO2/c1-8(15-12(16)5-6-14)9-3-4-11(17-2)10(13)7-9/h3-4,7-8H,5-6H2,1-2H3,(H,15,16). The summed E-state index contributed by atoms with van der Waals surface area (Å²) in [5.74, 6) is 1.07. The highest BCUT2D eigenvalue weighted by Crippen LogP contribution is 2.27. The second-order valence-corrected chi connectivity index (χ2v) is 4.85. The molecule has 1 atom stereocenters. The molecule has 17 heavy (non-hydrogen) atoms. The Hall–Kier alpha value is -0.740. The van der Waals surface area contributed by atoms with Crippen LogP contribution in [0, 0.1) is 0 Å². The van der Waals surface area contributed by atoms with Crippen molar-refractivity contribution in [3.63, 3.8) is 0 Å². The minimum Gasteiger partial charge on any atom is -0.496 e. The van der Waals surface area contributed by atoms with Crippen molar-refractivity contribution in [2.24, 2.45) is 0 Å². The molecule has 0 aliphatic carbocycles. The summed E-state index contributed by atoms with van der Waals surface area (Å²) in [6.45, 7) is 1.93. The van der Waals surface area contributed by atoms with Crippen LogP contribution in [0.15, 0.2) is 22.7 Å². The van der Waals surface area contributed by atoms with Gasteiger partial charge in [-0.05, 0) is 40.5 Å². The summed E-state index contributed by atoms with van der Waals surface area (Å²) in [5, 5.41) is 2.88. The Balaban J connectivity index is 2.72. The maximum absolute atomic E-state index is 11.4. The summed E-state index contributed by atoms with van der Waals surface area (Å²) in [4.78, 5) is 11.4. The largest absolute Gasteiger partial charge is 0.496 e. The summed E-state index contributed by atoms with van der Waals surface area (Å²) in [7, 11) is 1.62. The fourth-order valence-corrected chi connectivity index (χ4v) is 2.16. The highest BCUT2D eigenvalue weighted by molar-refractivity contribution is 9.10. The van der Waals surface area contributed by atoms with Crippen LogP contribution in [0.2, 0.25) is 0 Å². The maximum Gasteiger partial charge on any atom is 0.221 e. The predicted molar refractivity (Wildman–Crippen MR) is 72.6 cm³/mol. The topological polar surface area (TPSA) is 38.3 Å². The number of nitrogens with one attached hydrogen (secondary N) is 1. The molecule has 3 nitrogen and oxygen atoms in total. The van der Waals surface area contributed by atoms with Gasteiger partial charge < -0.3 is 10.1 Å². The molecule has 0 fully saturated rings. The van der Waals surface area contributed by atoms with Crippen LogP contribution in [-0.2, 0) is 4.79 Å².